The number of fused-ring (bicyclic) bond motifs is 5. The Hall–Kier alpha value is -6.64. The van der Waals surface area contributed by atoms with Gasteiger partial charge in [-0.3, -0.25) is 0 Å². The quantitative estimate of drug-likeness (QED) is 0.173. The highest BCUT2D eigenvalue weighted by Gasteiger charge is 2.33. The molecule has 0 fully saturated rings. The van der Waals surface area contributed by atoms with Gasteiger partial charge in [0.2, 0.25) is 0 Å². The van der Waals surface area contributed by atoms with Crippen molar-refractivity contribution in [1.29, 1.82) is 0 Å². The Bertz CT molecular complexity index is 2700. The van der Waals surface area contributed by atoms with E-state index in [0.717, 1.165) is 28.3 Å². The summed E-state index contributed by atoms with van der Waals surface area (Å²) in [4.78, 5) is 2.41. The summed E-state index contributed by atoms with van der Waals surface area (Å²) in [6.45, 7) is 2.21. The molecule has 0 aromatic heterocycles. The van der Waals surface area contributed by atoms with Crippen LogP contribution in [0.3, 0.4) is 0 Å². The highest BCUT2D eigenvalue weighted by atomic mass is 16.5. The number of para-hydroxylation sites is 1. The average Bonchev–Trinajstić information content (AvgIpc) is 3.61. The Labute approximate surface area is 310 Å². The van der Waals surface area contributed by atoms with Crippen molar-refractivity contribution >= 4 is 38.6 Å². The molecule has 0 saturated carbocycles. The van der Waals surface area contributed by atoms with E-state index < -0.39 is 0 Å². The largest absolute Gasteiger partial charge is 0.484 e. The average molecular weight is 680 g/mol. The summed E-state index contributed by atoms with van der Waals surface area (Å²) in [6.07, 6.45) is 8.68. The minimum atomic E-state index is 0.0605. The number of rotatable bonds is 6. The van der Waals surface area contributed by atoms with Gasteiger partial charge in [0, 0.05) is 33.8 Å². The number of nitrogens with zero attached hydrogens (tertiary/aromatic N) is 1. The molecule has 0 bridgehead atoms. The molecular weight excluding hydrogens is 643 g/mol. The molecule has 53 heavy (non-hydrogen) atoms. The highest BCUT2D eigenvalue weighted by molar-refractivity contribution is 6.01. The van der Waals surface area contributed by atoms with Crippen molar-refractivity contribution in [3.63, 3.8) is 0 Å². The van der Waals surface area contributed by atoms with Gasteiger partial charge in [-0.25, -0.2) is 0 Å². The Kier molecular flexibility index (Phi) is 7.54. The van der Waals surface area contributed by atoms with Crippen LogP contribution in [0.5, 0.6) is 5.75 Å². The van der Waals surface area contributed by atoms with E-state index in [-0.39, 0.29) is 12.0 Å². The predicted molar refractivity (Wildman–Crippen MR) is 223 cm³/mol. The molecule has 8 aromatic rings. The molecule has 2 aliphatic rings. The fraction of sp³-hybridized carbons (Fsp3) is 0.0588. The number of allylic oxidation sites excluding steroid dienone is 2. The Morgan fingerprint density at radius 2 is 1.00 bits per heavy atom. The van der Waals surface area contributed by atoms with Crippen LogP contribution in [0.4, 0.5) is 17.1 Å². The molecule has 252 valence electrons. The fourth-order valence-corrected chi connectivity index (χ4v) is 8.27. The minimum Gasteiger partial charge on any atom is -0.484 e. The molecule has 2 nitrogen and oxygen atoms in total. The van der Waals surface area contributed by atoms with E-state index in [9.17, 15) is 0 Å². The lowest BCUT2D eigenvalue weighted by molar-refractivity contribution is 0.270. The lowest BCUT2D eigenvalue weighted by Crippen LogP contribution is -2.15. The highest BCUT2D eigenvalue weighted by Crippen LogP contribution is 2.47. The standard InChI is InChI=1S/C51H37NO/c1-34-20-21-38-11-3-5-14-45(38)50(34)52(42-32-28-40(29-33-42)46-17-9-18-48-47-15-6-7-19-49(47)53-51(46)48)41-30-26-36(27-31-41)35-22-24-39(25-23-35)44-16-8-12-37-10-2-4-13-43(37)44/h2-33,47,49H,1H3. The van der Waals surface area contributed by atoms with Crippen LogP contribution in [0.1, 0.15) is 17.0 Å². The number of anilines is 3. The van der Waals surface area contributed by atoms with E-state index in [1.54, 1.807) is 0 Å². The first-order valence-corrected chi connectivity index (χ1v) is 18.4. The van der Waals surface area contributed by atoms with Crippen LogP contribution in [-0.4, -0.2) is 6.10 Å². The summed E-state index contributed by atoms with van der Waals surface area (Å²) in [6, 6.07) is 61.7. The maximum absolute atomic E-state index is 6.52. The molecule has 8 aromatic carbocycles. The Balaban J connectivity index is 1.02. The predicted octanol–water partition coefficient (Wildman–Crippen LogP) is 13.7. The molecule has 1 aliphatic heterocycles. The summed E-state index contributed by atoms with van der Waals surface area (Å²) in [5.41, 5.74) is 13.0. The number of hydrogen-bond donors (Lipinski definition) is 0. The molecule has 1 heterocycles. The van der Waals surface area contributed by atoms with Crippen LogP contribution in [0.15, 0.2) is 194 Å². The number of hydrogen-bond acceptors (Lipinski definition) is 2. The number of ether oxygens (including phenoxy) is 1. The van der Waals surface area contributed by atoms with Crippen molar-refractivity contribution in [3.8, 4) is 39.1 Å². The number of benzene rings is 8. The second-order valence-electron chi connectivity index (χ2n) is 14.1. The van der Waals surface area contributed by atoms with Crippen LogP contribution < -0.4 is 9.64 Å². The van der Waals surface area contributed by atoms with Crippen molar-refractivity contribution in [1.82, 2.24) is 0 Å². The van der Waals surface area contributed by atoms with Gasteiger partial charge >= 0.3 is 0 Å². The zero-order chi connectivity index (χ0) is 35.3. The Morgan fingerprint density at radius 1 is 0.453 bits per heavy atom. The lowest BCUT2D eigenvalue weighted by atomic mass is 9.90. The van der Waals surface area contributed by atoms with Gasteiger partial charge in [-0.2, -0.15) is 0 Å². The third kappa shape index (κ3) is 5.43. The molecule has 0 radical (unpaired) electrons. The maximum atomic E-state index is 6.52. The summed E-state index contributed by atoms with van der Waals surface area (Å²) >= 11 is 0. The third-order valence-electron chi connectivity index (χ3n) is 10.9. The topological polar surface area (TPSA) is 12.5 Å². The van der Waals surface area contributed by atoms with Crippen LogP contribution in [0.25, 0.3) is 54.9 Å². The summed E-state index contributed by atoms with van der Waals surface area (Å²) in [7, 11) is 0. The van der Waals surface area contributed by atoms with E-state index in [1.165, 1.54) is 60.6 Å². The zero-order valence-electron chi connectivity index (χ0n) is 29.5. The smallest absolute Gasteiger partial charge is 0.132 e. The first-order chi connectivity index (χ1) is 26.2. The molecule has 10 rings (SSSR count). The number of aryl methyl sites for hydroxylation is 1. The molecule has 0 amide bonds. The van der Waals surface area contributed by atoms with Crippen molar-refractivity contribution in [2.24, 2.45) is 0 Å². The van der Waals surface area contributed by atoms with Crippen LogP contribution in [0, 0.1) is 6.92 Å². The minimum absolute atomic E-state index is 0.0605. The molecule has 2 heteroatoms. The first kappa shape index (κ1) is 31.1. The second-order valence-corrected chi connectivity index (χ2v) is 14.1. The van der Waals surface area contributed by atoms with Crippen LogP contribution >= 0.6 is 0 Å². The van der Waals surface area contributed by atoms with Gasteiger partial charge in [0.05, 0.1) is 5.69 Å². The molecule has 0 spiro atoms. The van der Waals surface area contributed by atoms with Crippen molar-refractivity contribution in [2.45, 2.75) is 18.9 Å². The van der Waals surface area contributed by atoms with Crippen LogP contribution in [0.2, 0.25) is 0 Å². The van der Waals surface area contributed by atoms with Gasteiger partial charge in [0.25, 0.3) is 0 Å². The van der Waals surface area contributed by atoms with E-state index >= 15 is 0 Å². The molecule has 2 unspecified atom stereocenters. The summed E-state index contributed by atoms with van der Waals surface area (Å²) in [5.74, 6) is 1.26. The summed E-state index contributed by atoms with van der Waals surface area (Å²) in [5, 5.41) is 4.98. The lowest BCUT2D eigenvalue weighted by Gasteiger charge is -2.29. The molecular formula is C51H37NO. The van der Waals surface area contributed by atoms with Gasteiger partial charge in [0.1, 0.15) is 11.9 Å². The van der Waals surface area contributed by atoms with Gasteiger partial charge in [-0.1, -0.05) is 164 Å². The second kappa shape index (κ2) is 12.8. The third-order valence-corrected chi connectivity index (χ3v) is 10.9. The van der Waals surface area contributed by atoms with Crippen LogP contribution in [-0.2, 0) is 0 Å². The van der Waals surface area contributed by atoms with Crippen molar-refractivity contribution in [2.75, 3.05) is 4.90 Å². The maximum Gasteiger partial charge on any atom is 0.132 e. The molecule has 2 atom stereocenters. The van der Waals surface area contributed by atoms with Gasteiger partial charge < -0.3 is 9.64 Å². The van der Waals surface area contributed by atoms with Gasteiger partial charge in [-0.15, -0.1) is 0 Å². The van der Waals surface area contributed by atoms with Crippen molar-refractivity contribution in [3.05, 3.63) is 205 Å². The SMILES string of the molecule is Cc1ccc2ccccc2c1N(c1ccc(-c2ccc(-c3cccc4ccccc34)cc2)cc1)c1ccc(-c2cccc3c2OC2C=CC=CC32)cc1. The fourth-order valence-electron chi connectivity index (χ4n) is 8.27. The molecule has 0 saturated heterocycles. The van der Waals surface area contributed by atoms with Gasteiger partial charge in [0.15, 0.2) is 0 Å². The molecule has 1 aliphatic carbocycles. The summed E-state index contributed by atoms with van der Waals surface area (Å²) < 4.78 is 6.52. The van der Waals surface area contributed by atoms with Crippen molar-refractivity contribution < 1.29 is 4.74 Å². The van der Waals surface area contributed by atoms with E-state index in [1.807, 2.05) is 0 Å². The molecule has 0 N–H and O–H groups in total. The normalized spacial score (nSPS) is 15.6. The Morgan fingerprint density at radius 3 is 1.75 bits per heavy atom. The van der Waals surface area contributed by atoms with E-state index in [0.29, 0.717) is 0 Å². The van der Waals surface area contributed by atoms with Gasteiger partial charge in [-0.05, 0) is 86.8 Å². The first-order valence-electron chi connectivity index (χ1n) is 18.4. The van der Waals surface area contributed by atoms with E-state index in [2.05, 4.69) is 206 Å². The zero-order valence-corrected chi connectivity index (χ0v) is 29.5. The van der Waals surface area contributed by atoms with E-state index in [4.69, 9.17) is 4.74 Å². The monoisotopic (exact) mass is 679 g/mol.